The summed E-state index contributed by atoms with van der Waals surface area (Å²) in [5.41, 5.74) is 2.61. The van der Waals surface area contributed by atoms with Crippen LogP contribution in [-0.4, -0.2) is 37.0 Å². The Bertz CT molecular complexity index is 481. The van der Waals surface area contributed by atoms with E-state index in [9.17, 15) is 4.79 Å². The average Bonchev–Trinajstić information content (AvgIpc) is 3.15. The third-order valence-electron chi connectivity index (χ3n) is 4.31. The molecule has 0 saturated heterocycles. The SMILES string of the molecule is CC1Cc2ccccc2N1CC(=O)N(C)CC1CC1. The zero-order valence-electron chi connectivity index (χ0n) is 11.8. The number of nitrogens with zero attached hydrogens (tertiary/aromatic N) is 2. The molecule has 2 aliphatic rings. The lowest BCUT2D eigenvalue weighted by Gasteiger charge is -2.27. The van der Waals surface area contributed by atoms with Gasteiger partial charge in [0.15, 0.2) is 0 Å². The van der Waals surface area contributed by atoms with Crippen LogP contribution >= 0.6 is 0 Å². The fourth-order valence-electron chi connectivity index (χ4n) is 2.93. The van der Waals surface area contributed by atoms with Gasteiger partial charge < -0.3 is 9.80 Å². The van der Waals surface area contributed by atoms with Crippen molar-refractivity contribution in [3.63, 3.8) is 0 Å². The molecule has 19 heavy (non-hydrogen) atoms. The number of benzene rings is 1. The summed E-state index contributed by atoms with van der Waals surface area (Å²) < 4.78 is 0. The Balaban J connectivity index is 1.67. The van der Waals surface area contributed by atoms with Crippen molar-refractivity contribution >= 4 is 11.6 Å². The number of amides is 1. The third-order valence-corrected chi connectivity index (χ3v) is 4.31. The molecule has 3 heteroatoms. The van der Waals surface area contributed by atoms with E-state index < -0.39 is 0 Å². The predicted molar refractivity (Wildman–Crippen MR) is 77.3 cm³/mol. The maximum Gasteiger partial charge on any atom is 0.241 e. The number of carbonyl (C=O) groups excluding carboxylic acids is 1. The van der Waals surface area contributed by atoms with Crippen LogP contribution in [-0.2, 0) is 11.2 Å². The molecule has 1 aromatic carbocycles. The Morgan fingerprint density at radius 3 is 2.84 bits per heavy atom. The Morgan fingerprint density at radius 1 is 1.37 bits per heavy atom. The molecule has 1 unspecified atom stereocenters. The van der Waals surface area contributed by atoms with Crippen LogP contribution in [0, 0.1) is 5.92 Å². The first kappa shape index (κ1) is 12.5. The van der Waals surface area contributed by atoms with Gasteiger partial charge in [0.1, 0.15) is 0 Å². The molecule has 1 saturated carbocycles. The van der Waals surface area contributed by atoms with Gasteiger partial charge in [-0.15, -0.1) is 0 Å². The molecule has 1 atom stereocenters. The van der Waals surface area contributed by atoms with E-state index in [0.717, 1.165) is 18.9 Å². The summed E-state index contributed by atoms with van der Waals surface area (Å²) in [4.78, 5) is 16.5. The van der Waals surface area contributed by atoms with E-state index in [4.69, 9.17) is 0 Å². The Labute approximate surface area is 115 Å². The zero-order chi connectivity index (χ0) is 13.4. The van der Waals surface area contributed by atoms with E-state index in [2.05, 4.69) is 36.1 Å². The van der Waals surface area contributed by atoms with Crippen molar-refractivity contribution in [2.45, 2.75) is 32.2 Å². The molecule has 0 N–H and O–H groups in total. The molecule has 0 aromatic heterocycles. The van der Waals surface area contributed by atoms with Crippen LogP contribution in [0.25, 0.3) is 0 Å². The van der Waals surface area contributed by atoms with Crippen LogP contribution in [0.1, 0.15) is 25.3 Å². The molecule has 1 aliphatic carbocycles. The Hall–Kier alpha value is -1.51. The number of hydrogen-bond donors (Lipinski definition) is 0. The lowest BCUT2D eigenvalue weighted by atomic mass is 10.1. The zero-order valence-corrected chi connectivity index (χ0v) is 11.8. The fraction of sp³-hybridized carbons (Fsp3) is 0.562. The van der Waals surface area contributed by atoms with Crippen LogP contribution in [0.4, 0.5) is 5.69 Å². The second kappa shape index (κ2) is 4.87. The van der Waals surface area contributed by atoms with Gasteiger partial charge in [-0.25, -0.2) is 0 Å². The predicted octanol–water partition coefficient (Wildman–Crippen LogP) is 2.31. The molecule has 3 nitrogen and oxygen atoms in total. The number of hydrogen-bond acceptors (Lipinski definition) is 2. The summed E-state index contributed by atoms with van der Waals surface area (Å²) in [6.45, 7) is 3.65. The minimum absolute atomic E-state index is 0.246. The molecule has 0 radical (unpaired) electrons. The van der Waals surface area contributed by atoms with Crippen LogP contribution in [0.2, 0.25) is 0 Å². The van der Waals surface area contributed by atoms with Crippen molar-refractivity contribution in [2.24, 2.45) is 5.92 Å². The number of para-hydroxylation sites is 1. The molecule has 0 bridgehead atoms. The number of carbonyl (C=O) groups is 1. The van der Waals surface area contributed by atoms with E-state index in [0.29, 0.717) is 12.6 Å². The lowest BCUT2D eigenvalue weighted by Crippen LogP contribution is -2.41. The van der Waals surface area contributed by atoms with E-state index in [1.807, 2.05) is 11.9 Å². The smallest absolute Gasteiger partial charge is 0.241 e. The number of likely N-dealkylation sites (N-methyl/N-ethyl adjacent to an activating group) is 1. The van der Waals surface area contributed by atoms with Gasteiger partial charge in [-0.1, -0.05) is 18.2 Å². The van der Waals surface area contributed by atoms with Gasteiger partial charge in [0.2, 0.25) is 5.91 Å². The highest BCUT2D eigenvalue weighted by Crippen LogP contribution is 2.32. The molecule has 0 spiro atoms. The van der Waals surface area contributed by atoms with E-state index in [-0.39, 0.29) is 5.91 Å². The summed E-state index contributed by atoms with van der Waals surface area (Å²) in [7, 11) is 1.94. The van der Waals surface area contributed by atoms with Crippen LogP contribution in [0.5, 0.6) is 0 Å². The summed E-state index contributed by atoms with van der Waals surface area (Å²) in [5.74, 6) is 1.01. The molecule has 1 fully saturated rings. The van der Waals surface area contributed by atoms with E-state index in [1.165, 1.54) is 24.1 Å². The van der Waals surface area contributed by atoms with Crippen molar-refractivity contribution in [2.75, 3.05) is 25.0 Å². The molecule has 3 rings (SSSR count). The number of rotatable bonds is 4. The maximum absolute atomic E-state index is 12.3. The highest BCUT2D eigenvalue weighted by Gasteiger charge is 2.29. The highest BCUT2D eigenvalue weighted by molar-refractivity contribution is 5.82. The lowest BCUT2D eigenvalue weighted by molar-refractivity contribution is -0.128. The normalized spacial score (nSPS) is 21.4. The van der Waals surface area contributed by atoms with Crippen molar-refractivity contribution < 1.29 is 4.79 Å². The molecule has 1 aliphatic heterocycles. The first-order valence-corrected chi connectivity index (χ1v) is 7.23. The summed E-state index contributed by atoms with van der Waals surface area (Å²) in [6, 6.07) is 8.87. The summed E-state index contributed by atoms with van der Waals surface area (Å²) in [5, 5.41) is 0. The topological polar surface area (TPSA) is 23.6 Å². The minimum atomic E-state index is 0.246. The van der Waals surface area contributed by atoms with Crippen LogP contribution in [0.3, 0.4) is 0 Å². The molecule has 102 valence electrons. The minimum Gasteiger partial charge on any atom is -0.359 e. The van der Waals surface area contributed by atoms with Gasteiger partial charge in [-0.3, -0.25) is 4.79 Å². The van der Waals surface area contributed by atoms with Crippen LogP contribution < -0.4 is 4.90 Å². The third kappa shape index (κ3) is 2.60. The maximum atomic E-state index is 12.3. The van der Waals surface area contributed by atoms with Gasteiger partial charge in [0.25, 0.3) is 0 Å². The second-order valence-electron chi connectivity index (χ2n) is 6.03. The largest absolute Gasteiger partial charge is 0.359 e. The van der Waals surface area contributed by atoms with Crippen molar-refractivity contribution in [3.8, 4) is 0 Å². The van der Waals surface area contributed by atoms with Gasteiger partial charge in [0, 0.05) is 25.3 Å². The fourth-order valence-corrected chi connectivity index (χ4v) is 2.93. The van der Waals surface area contributed by atoms with Crippen molar-refractivity contribution in [3.05, 3.63) is 29.8 Å². The standard InChI is InChI=1S/C16H22N2O/c1-12-9-14-5-3-4-6-15(14)18(12)11-16(19)17(2)10-13-7-8-13/h3-6,12-13H,7-11H2,1-2H3. The second-order valence-corrected chi connectivity index (χ2v) is 6.03. The highest BCUT2D eigenvalue weighted by atomic mass is 16.2. The first-order chi connectivity index (χ1) is 9.15. The first-order valence-electron chi connectivity index (χ1n) is 7.23. The van der Waals surface area contributed by atoms with Crippen molar-refractivity contribution in [1.29, 1.82) is 0 Å². The van der Waals surface area contributed by atoms with Crippen molar-refractivity contribution in [1.82, 2.24) is 4.90 Å². The quantitative estimate of drug-likeness (QED) is 0.827. The van der Waals surface area contributed by atoms with E-state index in [1.54, 1.807) is 0 Å². The molecular weight excluding hydrogens is 236 g/mol. The summed E-state index contributed by atoms with van der Waals surface area (Å²) in [6.07, 6.45) is 3.64. The average molecular weight is 258 g/mol. The molecular formula is C16H22N2O. The number of fused-ring (bicyclic) bond motifs is 1. The van der Waals surface area contributed by atoms with E-state index >= 15 is 0 Å². The van der Waals surface area contributed by atoms with Gasteiger partial charge in [-0.2, -0.15) is 0 Å². The van der Waals surface area contributed by atoms with Gasteiger partial charge in [0.05, 0.1) is 6.54 Å². The molecule has 1 aromatic rings. The Kier molecular flexibility index (Phi) is 3.21. The summed E-state index contributed by atoms with van der Waals surface area (Å²) >= 11 is 0. The monoisotopic (exact) mass is 258 g/mol. The molecule has 1 heterocycles. The van der Waals surface area contributed by atoms with Crippen LogP contribution in [0.15, 0.2) is 24.3 Å². The van der Waals surface area contributed by atoms with Gasteiger partial charge in [-0.05, 0) is 43.7 Å². The number of anilines is 1. The Morgan fingerprint density at radius 2 is 2.11 bits per heavy atom. The van der Waals surface area contributed by atoms with Gasteiger partial charge >= 0.3 is 0 Å². The molecule has 1 amide bonds.